The van der Waals surface area contributed by atoms with E-state index in [1.807, 2.05) is 0 Å². The summed E-state index contributed by atoms with van der Waals surface area (Å²) in [4.78, 5) is 35.6. The number of esters is 1. The first-order chi connectivity index (χ1) is 13.0. The van der Waals surface area contributed by atoms with Crippen LogP contribution < -0.4 is 10.6 Å². The number of methoxy groups -OCH3 is 1. The minimum Gasteiger partial charge on any atom is -0.468 e. The van der Waals surface area contributed by atoms with Crippen LogP contribution in [0.15, 0.2) is 48.5 Å². The molecule has 0 aromatic heterocycles. The Kier molecular flexibility index (Phi) is 5.49. The van der Waals surface area contributed by atoms with Crippen LogP contribution in [0.2, 0.25) is 0 Å². The van der Waals surface area contributed by atoms with Crippen molar-refractivity contribution in [1.29, 1.82) is 0 Å². The van der Waals surface area contributed by atoms with E-state index < -0.39 is 11.9 Å². The molecule has 0 radical (unpaired) electrons. The van der Waals surface area contributed by atoms with Gasteiger partial charge in [0.05, 0.1) is 7.11 Å². The predicted molar refractivity (Wildman–Crippen MR) is 96.7 cm³/mol. The first kappa shape index (κ1) is 18.6. The van der Waals surface area contributed by atoms with Crippen LogP contribution in [0.1, 0.15) is 28.3 Å². The van der Waals surface area contributed by atoms with E-state index in [2.05, 4.69) is 15.4 Å². The van der Waals surface area contributed by atoms with Gasteiger partial charge in [-0.2, -0.15) is 0 Å². The highest BCUT2D eigenvalue weighted by Crippen LogP contribution is 2.47. The topological polar surface area (TPSA) is 84.5 Å². The molecule has 0 bridgehead atoms. The molecule has 0 aliphatic heterocycles. The molecule has 0 saturated heterocycles. The van der Waals surface area contributed by atoms with Crippen LogP contribution in [0, 0.1) is 11.7 Å². The summed E-state index contributed by atoms with van der Waals surface area (Å²) in [5.41, 5.74) is 1.76. The number of anilines is 1. The van der Waals surface area contributed by atoms with Crippen molar-refractivity contribution in [2.24, 2.45) is 5.92 Å². The fourth-order valence-corrected chi connectivity index (χ4v) is 2.86. The molecule has 0 heterocycles. The average Bonchev–Trinajstić information content (AvgIpc) is 3.47. The summed E-state index contributed by atoms with van der Waals surface area (Å²) < 4.78 is 17.5. The van der Waals surface area contributed by atoms with Gasteiger partial charge in [0.1, 0.15) is 12.4 Å². The number of hydrogen-bond acceptors (Lipinski definition) is 4. The van der Waals surface area contributed by atoms with Crippen LogP contribution in [0.4, 0.5) is 10.1 Å². The average molecular weight is 370 g/mol. The molecule has 0 spiro atoms. The number of nitrogens with one attached hydrogen (secondary N) is 2. The summed E-state index contributed by atoms with van der Waals surface area (Å²) in [7, 11) is 1.24. The van der Waals surface area contributed by atoms with Crippen LogP contribution in [-0.4, -0.2) is 31.4 Å². The van der Waals surface area contributed by atoms with Gasteiger partial charge in [0, 0.05) is 17.2 Å². The summed E-state index contributed by atoms with van der Waals surface area (Å²) in [6.07, 6.45) is 0.705. The molecule has 2 aromatic rings. The van der Waals surface area contributed by atoms with Crippen LogP contribution in [0.3, 0.4) is 0 Å². The van der Waals surface area contributed by atoms with Crippen LogP contribution >= 0.6 is 0 Å². The quantitative estimate of drug-likeness (QED) is 0.765. The molecule has 2 amide bonds. The van der Waals surface area contributed by atoms with Gasteiger partial charge in [-0.05, 0) is 48.2 Å². The van der Waals surface area contributed by atoms with Crippen LogP contribution in [-0.2, 0) is 14.3 Å². The van der Waals surface area contributed by atoms with Gasteiger partial charge in [0.2, 0.25) is 5.91 Å². The van der Waals surface area contributed by atoms with Crippen LogP contribution in [0.5, 0.6) is 0 Å². The SMILES string of the molecule is COC(=O)CNC(=O)c1cccc(NC(=O)C2CC2c2ccc(F)cc2)c1. The Hall–Kier alpha value is -3.22. The Bertz CT molecular complexity index is 867. The molecule has 1 fully saturated rings. The number of amides is 2. The largest absolute Gasteiger partial charge is 0.468 e. The van der Waals surface area contributed by atoms with E-state index in [4.69, 9.17) is 0 Å². The van der Waals surface area contributed by atoms with Gasteiger partial charge in [0.15, 0.2) is 0 Å². The van der Waals surface area contributed by atoms with Gasteiger partial charge in [-0.15, -0.1) is 0 Å². The monoisotopic (exact) mass is 370 g/mol. The van der Waals surface area contributed by atoms with E-state index in [1.165, 1.54) is 19.2 Å². The number of carbonyl (C=O) groups is 3. The zero-order valence-corrected chi connectivity index (χ0v) is 14.7. The van der Waals surface area contributed by atoms with Crippen molar-refractivity contribution in [2.45, 2.75) is 12.3 Å². The Balaban J connectivity index is 1.58. The lowest BCUT2D eigenvalue weighted by atomic mass is 10.1. The van der Waals surface area contributed by atoms with Gasteiger partial charge in [0.25, 0.3) is 5.91 Å². The summed E-state index contributed by atoms with van der Waals surface area (Å²) in [6.45, 7) is -0.229. The lowest BCUT2D eigenvalue weighted by molar-refractivity contribution is -0.139. The Labute approximate surface area is 155 Å². The van der Waals surface area contributed by atoms with Crippen molar-refractivity contribution in [3.8, 4) is 0 Å². The number of rotatable bonds is 6. The minimum absolute atomic E-state index is 0.0807. The normalized spacial score (nSPS) is 17.7. The third kappa shape index (κ3) is 4.69. The third-order valence-corrected chi connectivity index (χ3v) is 4.44. The molecule has 140 valence electrons. The number of halogens is 1. The highest BCUT2D eigenvalue weighted by molar-refractivity contribution is 5.99. The van der Waals surface area contributed by atoms with Crippen molar-refractivity contribution in [3.05, 3.63) is 65.5 Å². The lowest BCUT2D eigenvalue weighted by Crippen LogP contribution is -2.30. The summed E-state index contributed by atoms with van der Waals surface area (Å²) >= 11 is 0. The number of carbonyl (C=O) groups excluding carboxylic acids is 3. The molecule has 1 aliphatic carbocycles. The fourth-order valence-electron chi connectivity index (χ4n) is 2.86. The van der Waals surface area contributed by atoms with E-state index >= 15 is 0 Å². The smallest absolute Gasteiger partial charge is 0.325 e. The summed E-state index contributed by atoms with van der Waals surface area (Å²) in [5.74, 6) is -1.52. The first-order valence-electron chi connectivity index (χ1n) is 8.49. The molecule has 1 aliphatic rings. The summed E-state index contributed by atoms with van der Waals surface area (Å²) in [5, 5.41) is 5.24. The molecule has 1 saturated carbocycles. The maximum absolute atomic E-state index is 13.0. The van der Waals surface area contributed by atoms with Gasteiger partial charge in [-0.3, -0.25) is 14.4 Å². The van der Waals surface area contributed by atoms with Crippen molar-refractivity contribution in [2.75, 3.05) is 19.0 Å². The van der Waals surface area contributed by atoms with E-state index in [-0.39, 0.29) is 30.1 Å². The zero-order chi connectivity index (χ0) is 19.4. The predicted octanol–water partition coefficient (Wildman–Crippen LogP) is 2.47. The molecular formula is C20H19FN2O4. The van der Waals surface area contributed by atoms with Gasteiger partial charge >= 0.3 is 5.97 Å². The Morgan fingerprint density at radius 1 is 1.15 bits per heavy atom. The van der Waals surface area contributed by atoms with E-state index in [0.29, 0.717) is 17.7 Å². The second kappa shape index (κ2) is 7.99. The molecule has 2 atom stereocenters. The molecule has 2 N–H and O–H groups in total. The molecule has 2 unspecified atom stereocenters. The van der Waals surface area contributed by atoms with Gasteiger partial charge < -0.3 is 15.4 Å². The van der Waals surface area contributed by atoms with E-state index in [1.54, 1.807) is 36.4 Å². The minimum atomic E-state index is -0.548. The van der Waals surface area contributed by atoms with Crippen molar-refractivity contribution >= 4 is 23.5 Å². The molecular weight excluding hydrogens is 351 g/mol. The fraction of sp³-hybridized carbons (Fsp3) is 0.250. The van der Waals surface area contributed by atoms with Crippen molar-refractivity contribution in [3.63, 3.8) is 0 Å². The molecule has 7 heteroatoms. The Morgan fingerprint density at radius 2 is 1.89 bits per heavy atom. The van der Waals surface area contributed by atoms with Gasteiger partial charge in [-0.25, -0.2) is 4.39 Å². The molecule has 27 heavy (non-hydrogen) atoms. The molecule has 3 rings (SSSR count). The molecule has 2 aromatic carbocycles. The summed E-state index contributed by atoms with van der Waals surface area (Å²) in [6, 6.07) is 12.6. The maximum atomic E-state index is 13.0. The Morgan fingerprint density at radius 3 is 2.59 bits per heavy atom. The molecule has 6 nitrogen and oxygen atoms in total. The van der Waals surface area contributed by atoms with Crippen molar-refractivity contribution in [1.82, 2.24) is 5.32 Å². The zero-order valence-electron chi connectivity index (χ0n) is 14.7. The van der Waals surface area contributed by atoms with Gasteiger partial charge in [-0.1, -0.05) is 18.2 Å². The second-order valence-electron chi connectivity index (χ2n) is 6.33. The third-order valence-electron chi connectivity index (χ3n) is 4.44. The standard InChI is InChI=1S/C20H19FN2O4/c1-27-18(24)11-22-19(25)13-3-2-4-15(9-13)23-20(26)17-10-16(17)12-5-7-14(21)8-6-12/h2-9,16-17H,10-11H2,1H3,(H,22,25)(H,23,26). The lowest BCUT2D eigenvalue weighted by Gasteiger charge is -2.08. The van der Waals surface area contributed by atoms with Crippen LogP contribution in [0.25, 0.3) is 0 Å². The van der Waals surface area contributed by atoms with Crippen molar-refractivity contribution < 1.29 is 23.5 Å². The maximum Gasteiger partial charge on any atom is 0.325 e. The van der Waals surface area contributed by atoms with E-state index in [9.17, 15) is 18.8 Å². The highest BCUT2D eigenvalue weighted by atomic mass is 19.1. The number of hydrogen-bond donors (Lipinski definition) is 2. The second-order valence-corrected chi connectivity index (χ2v) is 6.33. The number of ether oxygens (including phenoxy) is 1. The first-order valence-corrected chi connectivity index (χ1v) is 8.49. The van der Waals surface area contributed by atoms with E-state index in [0.717, 1.165) is 5.56 Å². The number of benzene rings is 2. The highest BCUT2D eigenvalue weighted by Gasteiger charge is 2.43.